The van der Waals surface area contributed by atoms with Gasteiger partial charge >= 0.3 is 0 Å². The molecule has 0 aromatic carbocycles. The van der Waals surface area contributed by atoms with Crippen molar-refractivity contribution in [1.29, 1.82) is 0 Å². The van der Waals surface area contributed by atoms with Crippen LogP contribution in [0.3, 0.4) is 0 Å². The van der Waals surface area contributed by atoms with Crippen molar-refractivity contribution < 1.29 is 5.11 Å². The van der Waals surface area contributed by atoms with Gasteiger partial charge in [-0.2, -0.15) is 0 Å². The van der Waals surface area contributed by atoms with Crippen molar-refractivity contribution in [3.05, 3.63) is 0 Å². The van der Waals surface area contributed by atoms with Gasteiger partial charge in [-0.25, -0.2) is 4.68 Å². The van der Waals surface area contributed by atoms with Gasteiger partial charge in [-0.1, -0.05) is 11.8 Å². The fourth-order valence-electron chi connectivity index (χ4n) is 0.578. The first-order valence-electron chi connectivity index (χ1n) is 2.79. The van der Waals surface area contributed by atoms with E-state index in [0.29, 0.717) is 6.54 Å². The first kappa shape index (κ1) is 7.49. The first-order chi connectivity index (χ1) is 4.88. The summed E-state index contributed by atoms with van der Waals surface area (Å²) in [5, 5.41) is 20.1. The minimum atomic E-state index is 0.0681. The van der Waals surface area contributed by atoms with Gasteiger partial charge in [-0.15, -0.1) is 5.10 Å². The van der Waals surface area contributed by atoms with E-state index in [-0.39, 0.29) is 6.61 Å². The molecule has 0 radical (unpaired) electrons. The summed E-state index contributed by atoms with van der Waals surface area (Å²) in [7, 11) is 0. The maximum atomic E-state index is 8.53. The summed E-state index contributed by atoms with van der Waals surface area (Å²) < 4.78 is 1.56. The second-order valence-corrected chi connectivity index (χ2v) is 2.39. The number of aliphatic hydroxyl groups is 1. The molecule has 1 heterocycles. The van der Waals surface area contributed by atoms with Crippen molar-refractivity contribution >= 4 is 11.8 Å². The number of aliphatic hydroxyl groups excluding tert-OH is 1. The van der Waals surface area contributed by atoms with Crippen LogP contribution in [0.5, 0.6) is 0 Å². The summed E-state index contributed by atoms with van der Waals surface area (Å²) in [5.74, 6) is 0. The zero-order valence-corrected chi connectivity index (χ0v) is 6.38. The van der Waals surface area contributed by atoms with E-state index in [9.17, 15) is 0 Å². The van der Waals surface area contributed by atoms with E-state index >= 15 is 0 Å². The molecule has 0 amide bonds. The molecular formula is C4H8N4OS. The monoisotopic (exact) mass is 160 g/mol. The van der Waals surface area contributed by atoms with E-state index in [1.54, 1.807) is 4.68 Å². The van der Waals surface area contributed by atoms with Gasteiger partial charge in [-0.3, -0.25) is 0 Å². The number of hydrogen-bond donors (Lipinski definition) is 1. The maximum absolute atomic E-state index is 8.53. The van der Waals surface area contributed by atoms with E-state index in [2.05, 4.69) is 15.5 Å². The molecule has 0 aliphatic rings. The quantitative estimate of drug-likeness (QED) is 0.597. The third-order valence-corrected chi connectivity index (χ3v) is 1.65. The van der Waals surface area contributed by atoms with E-state index < -0.39 is 0 Å². The Morgan fingerprint density at radius 1 is 1.70 bits per heavy atom. The zero-order chi connectivity index (χ0) is 7.40. The molecule has 1 aromatic rings. The van der Waals surface area contributed by atoms with Crippen LogP contribution in [0.1, 0.15) is 0 Å². The van der Waals surface area contributed by atoms with Crippen molar-refractivity contribution in [3.63, 3.8) is 0 Å². The molecule has 0 aliphatic carbocycles. The number of hydrogen-bond acceptors (Lipinski definition) is 5. The smallest absolute Gasteiger partial charge is 0.209 e. The Kier molecular flexibility index (Phi) is 2.64. The van der Waals surface area contributed by atoms with Gasteiger partial charge in [0.15, 0.2) is 0 Å². The fraction of sp³-hybridized carbons (Fsp3) is 0.750. The highest BCUT2D eigenvalue weighted by molar-refractivity contribution is 7.98. The largest absolute Gasteiger partial charge is 0.394 e. The topological polar surface area (TPSA) is 63.8 Å². The second-order valence-electron chi connectivity index (χ2n) is 1.61. The van der Waals surface area contributed by atoms with Crippen molar-refractivity contribution in [1.82, 2.24) is 20.2 Å². The Balaban J connectivity index is 2.70. The molecule has 6 heteroatoms. The molecule has 1 N–H and O–H groups in total. The fourth-order valence-corrected chi connectivity index (χ4v) is 1.03. The number of nitrogens with zero attached hydrogens (tertiary/aromatic N) is 4. The average molecular weight is 160 g/mol. The summed E-state index contributed by atoms with van der Waals surface area (Å²) in [6.07, 6.45) is 1.89. The SMILES string of the molecule is CSc1nnnn1CCO. The Morgan fingerprint density at radius 3 is 3.10 bits per heavy atom. The van der Waals surface area contributed by atoms with Gasteiger partial charge < -0.3 is 5.11 Å². The molecular weight excluding hydrogens is 152 g/mol. The van der Waals surface area contributed by atoms with E-state index in [1.165, 1.54) is 11.8 Å². The molecule has 0 saturated carbocycles. The molecule has 0 fully saturated rings. The molecule has 0 unspecified atom stereocenters. The third kappa shape index (κ3) is 1.45. The van der Waals surface area contributed by atoms with Crippen LogP contribution < -0.4 is 0 Å². The molecule has 1 aromatic heterocycles. The van der Waals surface area contributed by atoms with Crippen molar-refractivity contribution in [2.24, 2.45) is 0 Å². The molecule has 0 saturated heterocycles. The van der Waals surface area contributed by atoms with Crippen LogP contribution in [0, 0.1) is 0 Å². The molecule has 1 rings (SSSR count). The van der Waals surface area contributed by atoms with E-state index in [4.69, 9.17) is 5.11 Å². The lowest BCUT2D eigenvalue weighted by Crippen LogP contribution is -2.05. The van der Waals surface area contributed by atoms with Crippen LogP contribution in [0.15, 0.2) is 5.16 Å². The van der Waals surface area contributed by atoms with E-state index in [0.717, 1.165) is 5.16 Å². The summed E-state index contributed by atoms with van der Waals surface area (Å²) in [6, 6.07) is 0. The average Bonchev–Trinajstić information content (AvgIpc) is 2.36. The van der Waals surface area contributed by atoms with Gasteiger partial charge in [0, 0.05) is 0 Å². The lowest BCUT2D eigenvalue weighted by atomic mass is 10.7. The van der Waals surface area contributed by atoms with Gasteiger partial charge in [0.05, 0.1) is 13.2 Å². The van der Waals surface area contributed by atoms with Crippen LogP contribution >= 0.6 is 11.8 Å². The summed E-state index contributed by atoms with van der Waals surface area (Å²) >= 11 is 1.46. The Labute approximate surface area is 62.4 Å². The van der Waals surface area contributed by atoms with E-state index in [1.807, 2.05) is 6.26 Å². The lowest BCUT2D eigenvalue weighted by Gasteiger charge is -1.96. The molecule has 0 spiro atoms. The van der Waals surface area contributed by atoms with Crippen LogP contribution in [0.4, 0.5) is 0 Å². The van der Waals surface area contributed by atoms with Gasteiger partial charge in [-0.05, 0) is 16.7 Å². The highest BCUT2D eigenvalue weighted by atomic mass is 32.2. The minimum absolute atomic E-state index is 0.0681. The Bertz CT molecular complexity index is 201. The number of rotatable bonds is 3. The summed E-state index contributed by atoms with van der Waals surface area (Å²) in [6.45, 7) is 0.530. The standard InChI is InChI=1S/C4H8N4OS/c1-10-4-5-6-7-8(4)2-3-9/h9H,2-3H2,1H3. The van der Waals surface area contributed by atoms with Crippen molar-refractivity contribution in [2.45, 2.75) is 11.7 Å². The molecule has 5 nitrogen and oxygen atoms in total. The Hall–Kier alpha value is -0.620. The summed E-state index contributed by atoms with van der Waals surface area (Å²) in [5.41, 5.74) is 0. The van der Waals surface area contributed by atoms with Crippen molar-refractivity contribution in [2.75, 3.05) is 12.9 Å². The molecule has 0 aliphatic heterocycles. The number of aromatic nitrogens is 4. The third-order valence-electron chi connectivity index (χ3n) is 0.993. The normalized spacial score (nSPS) is 10.2. The first-order valence-corrected chi connectivity index (χ1v) is 4.02. The summed E-state index contributed by atoms with van der Waals surface area (Å²) in [4.78, 5) is 0. The minimum Gasteiger partial charge on any atom is -0.394 e. The number of thioether (sulfide) groups is 1. The zero-order valence-electron chi connectivity index (χ0n) is 5.56. The van der Waals surface area contributed by atoms with Crippen LogP contribution in [0.25, 0.3) is 0 Å². The maximum Gasteiger partial charge on any atom is 0.209 e. The molecule has 56 valence electrons. The van der Waals surface area contributed by atoms with Crippen LogP contribution in [-0.4, -0.2) is 38.2 Å². The molecule has 0 bridgehead atoms. The van der Waals surface area contributed by atoms with Crippen molar-refractivity contribution in [3.8, 4) is 0 Å². The second kappa shape index (κ2) is 3.52. The van der Waals surface area contributed by atoms with Gasteiger partial charge in [0.2, 0.25) is 5.16 Å². The Morgan fingerprint density at radius 2 is 2.50 bits per heavy atom. The molecule has 10 heavy (non-hydrogen) atoms. The predicted octanol–water partition coefficient (Wildman–Crippen LogP) is -0.613. The van der Waals surface area contributed by atoms with Gasteiger partial charge in [0.1, 0.15) is 0 Å². The van der Waals surface area contributed by atoms with Crippen LogP contribution in [-0.2, 0) is 6.54 Å². The highest BCUT2D eigenvalue weighted by Gasteiger charge is 2.01. The van der Waals surface area contributed by atoms with Gasteiger partial charge in [0.25, 0.3) is 0 Å². The van der Waals surface area contributed by atoms with Crippen LogP contribution in [0.2, 0.25) is 0 Å². The number of tetrazole rings is 1. The predicted molar refractivity (Wildman–Crippen MR) is 36.7 cm³/mol. The lowest BCUT2D eigenvalue weighted by molar-refractivity contribution is 0.262. The highest BCUT2D eigenvalue weighted by Crippen LogP contribution is 2.06. The molecule has 0 atom stereocenters.